The lowest BCUT2D eigenvalue weighted by Gasteiger charge is -2.49. The van der Waals surface area contributed by atoms with Gasteiger partial charge in [-0.05, 0) is 68.8 Å². The molecule has 2 N–H and O–H groups in total. The summed E-state index contributed by atoms with van der Waals surface area (Å²) in [5.74, 6) is -0.0769. The van der Waals surface area contributed by atoms with E-state index >= 15 is 0 Å². The first-order chi connectivity index (χ1) is 22.0. The van der Waals surface area contributed by atoms with Crippen LogP contribution in [0, 0.1) is 5.41 Å². The minimum atomic E-state index is -1.60. The Hall–Kier alpha value is -3.95. The predicted octanol–water partition coefficient (Wildman–Crippen LogP) is 10.3. The van der Waals surface area contributed by atoms with Crippen molar-refractivity contribution < 1.29 is 4.79 Å². The second-order valence-corrected chi connectivity index (χ2v) is 16.8. The summed E-state index contributed by atoms with van der Waals surface area (Å²) in [5, 5.41) is -0.259. The van der Waals surface area contributed by atoms with Crippen LogP contribution in [0.5, 0.6) is 0 Å². The maximum Gasteiger partial charge on any atom is 0.224 e. The van der Waals surface area contributed by atoms with Crippen LogP contribution in [-0.4, -0.2) is 14.7 Å². The van der Waals surface area contributed by atoms with E-state index in [1.165, 1.54) is 44.5 Å². The van der Waals surface area contributed by atoms with Crippen molar-refractivity contribution in [3.63, 3.8) is 0 Å². The number of unbranched alkanes of at least 4 members (excludes halogenated alkanes) is 2. The zero-order valence-corrected chi connectivity index (χ0v) is 28.3. The SMILES string of the molecule is CCCCCC(C1=C(c2ccccc2)C(c2ccccc2)=C(c2ccccc2)C1c1ccccc1)([SiH](C)CC)C1(C(N)=O)CC1. The van der Waals surface area contributed by atoms with Gasteiger partial charge in [0, 0.05) is 14.7 Å². The monoisotopic (exact) mass is 609 g/mol. The van der Waals surface area contributed by atoms with Crippen molar-refractivity contribution in [3.05, 3.63) is 149 Å². The average molecular weight is 610 g/mol. The van der Waals surface area contributed by atoms with Crippen LogP contribution >= 0.6 is 0 Å². The second kappa shape index (κ2) is 13.2. The zero-order chi connectivity index (χ0) is 31.4. The van der Waals surface area contributed by atoms with E-state index in [-0.39, 0.29) is 16.9 Å². The molecule has 0 aromatic heterocycles. The molecular weight excluding hydrogens is 563 g/mol. The van der Waals surface area contributed by atoms with E-state index < -0.39 is 14.2 Å². The van der Waals surface area contributed by atoms with Gasteiger partial charge in [0.15, 0.2) is 0 Å². The molecule has 2 aliphatic carbocycles. The molecule has 4 aromatic carbocycles. The van der Waals surface area contributed by atoms with E-state index in [4.69, 9.17) is 5.73 Å². The molecule has 0 spiro atoms. The lowest BCUT2D eigenvalue weighted by molar-refractivity contribution is -0.124. The summed E-state index contributed by atoms with van der Waals surface area (Å²) in [6, 6.07) is 45.2. The molecule has 3 unspecified atom stereocenters. The highest BCUT2D eigenvalue weighted by atomic mass is 28.3. The minimum Gasteiger partial charge on any atom is -0.369 e. The fourth-order valence-corrected chi connectivity index (χ4v) is 12.2. The third-order valence-corrected chi connectivity index (χ3v) is 15.0. The highest BCUT2D eigenvalue weighted by Crippen LogP contribution is 2.76. The number of nitrogens with two attached hydrogens (primary N) is 1. The van der Waals surface area contributed by atoms with Gasteiger partial charge in [0.1, 0.15) is 0 Å². The summed E-state index contributed by atoms with van der Waals surface area (Å²) < 4.78 is 0. The van der Waals surface area contributed by atoms with Gasteiger partial charge in [-0.2, -0.15) is 0 Å². The van der Waals surface area contributed by atoms with Crippen LogP contribution in [0.2, 0.25) is 17.6 Å². The number of benzene rings is 4. The lowest BCUT2D eigenvalue weighted by atomic mass is 9.69. The van der Waals surface area contributed by atoms with Crippen molar-refractivity contribution >= 4 is 31.4 Å². The van der Waals surface area contributed by atoms with Crippen molar-refractivity contribution in [1.29, 1.82) is 0 Å². The first-order valence-electron chi connectivity index (χ1n) is 17.0. The van der Waals surface area contributed by atoms with Crippen molar-refractivity contribution in [2.75, 3.05) is 0 Å². The van der Waals surface area contributed by atoms with E-state index in [9.17, 15) is 4.79 Å². The standard InChI is InChI=1S/C42H47NOSi/c1-4-6-19-28-42(45(3)5-2,41(29-30-41)40(43)44)39-37(33-24-15-9-16-25-33)35(31-20-11-7-12-21-31)36(32-22-13-8-14-23-32)38(39)34-26-17-10-18-27-34/h7-18,20-27,37,45H,4-6,19,28-30H2,1-3H3,(H2,43,44). The number of primary amides is 1. The summed E-state index contributed by atoms with van der Waals surface area (Å²) in [6.07, 6.45) is 6.22. The van der Waals surface area contributed by atoms with Gasteiger partial charge in [-0.15, -0.1) is 0 Å². The minimum absolute atomic E-state index is 0.0129. The topological polar surface area (TPSA) is 43.1 Å². The fourth-order valence-electron chi connectivity index (χ4n) is 8.55. The molecule has 2 aliphatic rings. The Labute approximate surface area is 271 Å². The van der Waals surface area contributed by atoms with Gasteiger partial charge >= 0.3 is 0 Å². The molecule has 6 rings (SSSR count). The zero-order valence-electron chi connectivity index (χ0n) is 27.1. The van der Waals surface area contributed by atoms with Crippen molar-refractivity contribution in [1.82, 2.24) is 0 Å². The van der Waals surface area contributed by atoms with Crippen LogP contribution in [0.3, 0.4) is 0 Å². The predicted molar refractivity (Wildman–Crippen MR) is 193 cm³/mol. The smallest absolute Gasteiger partial charge is 0.224 e. The number of rotatable bonds is 13. The van der Waals surface area contributed by atoms with Gasteiger partial charge in [0.25, 0.3) is 0 Å². The van der Waals surface area contributed by atoms with E-state index in [0.29, 0.717) is 0 Å². The lowest BCUT2D eigenvalue weighted by Crippen LogP contribution is -2.47. The molecule has 0 bridgehead atoms. The fraction of sp³-hybridized carbons (Fsp3) is 0.310. The van der Waals surface area contributed by atoms with E-state index in [1.807, 2.05) is 0 Å². The number of amides is 1. The Morgan fingerprint density at radius 3 is 1.69 bits per heavy atom. The molecule has 4 aromatic rings. The van der Waals surface area contributed by atoms with Crippen LogP contribution in [-0.2, 0) is 4.79 Å². The largest absolute Gasteiger partial charge is 0.369 e. The molecule has 230 valence electrons. The van der Waals surface area contributed by atoms with Gasteiger partial charge in [-0.3, -0.25) is 4.79 Å². The van der Waals surface area contributed by atoms with E-state index in [2.05, 4.69) is 142 Å². The third-order valence-electron chi connectivity index (χ3n) is 10.9. The van der Waals surface area contributed by atoms with E-state index in [0.717, 1.165) is 44.6 Å². The van der Waals surface area contributed by atoms with Crippen LogP contribution in [0.25, 0.3) is 16.7 Å². The summed E-state index contributed by atoms with van der Waals surface area (Å²) in [5.41, 5.74) is 16.5. The summed E-state index contributed by atoms with van der Waals surface area (Å²) in [6.45, 7) is 7.18. The average Bonchev–Trinajstić information content (AvgIpc) is 3.84. The number of carbonyl (C=O) groups excluding carboxylic acids is 1. The number of hydrogen-bond donors (Lipinski definition) is 1. The molecular formula is C42H47NOSi. The molecule has 0 radical (unpaired) electrons. The van der Waals surface area contributed by atoms with Gasteiger partial charge in [-0.1, -0.05) is 167 Å². The molecule has 1 fully saturated rings. The molecule has 0 heterocycles. The summed E-state index contributed by atoms with van der Waals surface area (Å²) >= 11 is 0. The molecule has 1 amide bonds. The third kappa shape index (κ3) is 5.35. The summed E-state index contributed by atoms with van der Waals surface area (Å²) in [4.78, 5) is 13.9. The Kier molecular flexibility index (Phi) is 9.10. The van der Waals surface area contributed by atoms with Crippen LogP contribution < -0.4 is 5.73 Å². The molecule has 0 aliphatic heterocycles. The summed E-state index contributed by atoms with van der Waals surface area (Å²) in [7, 11) is -1.60. The van der Waals surface area contributed by atoms with Crippen LogP contribution in [0.1, 0.15) is 80.5 Å². The Bertz CT molecular complexity index is 1670. The Balaban J connectivity index is 1.82. The second-order valence-electron chi connectivity index (χ2n) is 13.2. The number of carbonyl (C=O) groups is 1. The molecule has 1 saturated carbocycles. The van der Waals surface area contributed by atoms with Crippen LogP contribution in [0.15, 0.2) is 127 Å². The number of hydrogen-bond acceptors (Lipinski definition) is 1. The molecule has 45 heavy (non-hydrogen) atoms. The van der Waals surface area contributed by atoms with E-state index in [1.54, 1.807) is 0 Å². The van der Waals surface area contributed by atoms with Crippen LogP contribution in [0.4, 0.5) is 0 Å². The van der Waals surface area contributed by atoms with Gasteiger partial charge in [0.05, 0.1) is 5.41 Å². The van der Waals surface area contributed by atoms with Crippen molar-refractivity contribution in [2.45, 2.75) is 75.9 Å². The highest BCUT2D eigenvalue weighted by molar-refractivity contribution is 6.63. The first-order valence-corrected chi connectivity index (χ1v) is 19.5. The van der Waals surface area contributed by atoms with Gasteiger partial charge < -0.3 is 5.73 Å². The normalized spacial score (nSPS) is 19.3. The quantitative estimate of drug-likeness (QED) is 0.119. The molecule has 0 saturated heterocycles. The van der Waals surface area contributed by atoms with Gasteiger partial charge in [-0.25, -0.2) is 0 Å². The Morgan fingerprint density at radius 2 is 1.22 bits per heavy atom. The van der Waals surface area contributed by atoms with Crippen molar-refractivity contribution in [2.24, 2.45) is 11.1 Å². The first kappa shape index (κ1) is 31.0. The van der Waals surface area contributed by atoms with Gasteiger partial charge in [0.2, 0.25) is 5.91 Å². The number of allylic oxidation sites excluding steroid dienone is 4. The molecule has 3 atom stereocenters. The molecule has 2 nitrogen and oxygen atoms in total. The van der Waals surface area contributed by atoms with Crippen molar-refractivity contribution in [3.8, 4) is 0 Å². The highest BCUT2D eigenvalue weighted by Gasteiger charge is 2.68. The maximum atomic E-state index is 13.9. The Morgan fingerprint density at radius 1 is 0.733 bits per heavy atom. The maximum absolute atomic E-state index is 13.9. The molecule has 3 heteroatoms.